The Balaban J connectivity index is 1.56. The van der Waals surface area contributed by atoms with Crippen LogP contribution in [0, 0.1) is 5.82 Å². The number of halogens is 2. The zero-order valence-corrected chi connectivity index (χ0v) is 21.7. The number of aliphatic carboxylic acids is 2. The van der Waals surface area contributed by atoms with E-state index in [0.717, 1.165) is 16.2 Å². The molecule has 5 N–H and O–H groups in total. The Hall–Kier alpha value is -3.76. The van der Waals surface area contributed by atoms with Crippen LogP contribution in [0.25, 0.3) is 0 Å². The van der Waals surface area contributed by atoms with E-state index in [1.54, 1.807) is 6.20 Å². The standard InChI is InChI=1S/C21H18ClFN6O7S2/c1-8(19(32)33)36-27-12(11-15(22)38-21(24)26-11)16(30)25-13-17(31)29-14(20(34)35)9(7-37-18(13)29)5-28-4-2-3-10(23)6-28/h2-4,6,8,13,18H,5,7H2,1H3,(H4-,24,25,26,30,32,33,34,35)/p+1/t8-,13?,18?/m0/s1. The molecule has 2 unspecified atom stereocenters. The lowest BCUT2D eigenvalue weighted by Crippen LogP contribution is -2.71. The molecule has 0 bridgehead atoms. The monoisotopic (exact) mass is 585 g/mol. The van der Waals surface area contributed by atoms with Crippen LogP contribution in [0.2, 0.25) is 4.34 Å². The van der Waals surface area contributed by atoms with Gasteiger partial charge in [-0.15, -0.1) is 11.8 Å². The van der Waals surface area contributed by atoms with Crippen molar-refractivity contribution in [3.8, 4) is 0 Å². The molecule has 2 aliphatic rings. The topological polar surface area (TPSA) is 188 Å². The van der Waals surface area contributed by atoms with Crippen molar-refractivity contribution in [3.05, 3.63) is 51.6 Å². The van der Waals surface area contributed by atoms with Crippen LogP contribution in [-0.2, 0) is 30.6 Å². The molecule has 38 heavy (non-hydrogen) atoms. The summed E-state index contributed by atoms with van der Waals surface area (Å²) in [7, 11) is 0. The summed E-state index contributed by atoms with van der Waals surface area (Å²) >= 11 is 8.15. The van der Waals surface area contributed by atoms with Gasteiger partial charge in [-0.05, 0) is 13.0 Å². The first-order valence-electron chi connectivity index (χ1n) is 10.7. The molecule has 0 spiro atoms. The van der Waals surface area contributed by atoms with Gasteiger partial charge in [-0.25, -0.2) is 19.0 Å². The SMILES string of the molecule is C[C@H](ON=C(C(=O)NC1C(=O)N2C(C(=O)O)=C(C[n+]3cccc(F)c3)CSC12)c1nc(N)sc1Cl)C(=O)O. The fourth-order valence-electron chi connectivity index (χ4n) is 3.66. The highest BCUT2D eigenvalue weighted by Gasteiger charge is 2.55. The van der Waals surface area contributed by atoms with Gasteiger partial charge in [-0.1, -0.05) is 28.1 Å². The van der Waals surface area contributed by atoms with E-state index in [0.29, 0.717) is 5.57 Å². The fourth-order valence-corrected chi connectivity index (χ4v) is 5.92. The number of nitrogens with two attached hydrogens (primary N) is 1. The van der Waals surface area contributed by atoms with E-state index in [2.05, 4.69) is 15.5 Å². The smallest absolute Gasteiger partial charge is 0.352 e. The second kappa shape index (κ2) is 10.9. The van der Waals surface area contributed by atoms with E-state index in [9.17, 15) is 28.7 Å². The van der Waals surface area contributed by atoms with Gasteiger partial charge in [0.25, 0.3) is 11.8 Å². The molecule has 0 radical (unpaired) electrons. The van der Waals surface area contributed by atoms with Crippen LogP contribution in [0.3, 0.4) is 0 Å². The largest absolute Gasteiger partial charge is 0.478 e. The minimum Gasteiger partial charge on any atom is -0.478 e. The first kappa shape index (κ1) is 27.3. The number of hydrogen-bond acceptors (Lipinski definition) is 10. The first-order chi connectivity index (χ1) is 18.0. The van der Waals surface area contributed by atoms with Gasteiger partial charge in [0.2, 0.25) is 12.3 Å². The predicted octanol–water partition coefficient (Wildman–Crippen LogP) is 0.438. The minimum absolute atomic E-state index is 0.00504. The number of fused-ring (bicyclic) bond motifs is 1. The highest BCUT2D eigenvalue weighted by atomic mass is 35.5. The summed E-state index contributed by atoms with van der Waals surface area (Å²) in [5.74, 6) is -4.66. The molecule has 200 valence electrons. The number of thiazole rings is 1. The Morgan fingerprint density at radius 2 is 2.18 bits per heavy atom. The lowest BCUT2D eigenvalue weighted by molar-refractivity contribution is -0.690. The van der Waals surface area contributed by atoms with Gasteiger partial charge in [-0.2, -0.15) is 4.57 Å². The molecule has 0 aromatic carbocycles. The number of carboxylic acids is 2. The van der Waals surface area contributed by atoms with Crippen molar-refractivity contribution in [2.75, 3.05) is 11.5 Å². The molecule has 17 heteroatoms. The number of rotatable bonds is 9. The number of pyridine rings is 1. The number of nitrogens with one attached hydrogen (secondary N) is 1. The summed E-state index contributed by atoms with van der Waals surface area (Å²) in [6.07, 6.45) is 1.35. The molecule has 4 heterocycles. The number of anilines is 1. The average Bonchev–Trinajstić information content (AvgIpc) is 3.19. The van der Waals surface area contributed by atoms with Crippen molar-refractivity contribution < 1.29 is 43.2 Å². The van der Waals surface area contributed by atoms with Gasteiger partial charge in [-0.3, -0.25) is 14.5 Å². The maximum Gasteiger partial charge on any atom is 0.352 e. The van der Waals surface area contributed by atoms with Crippen molar-refractivity contribution in [2.24, 2.45) is 5.16 Å². The maximum atomic E-state index is 13.6. The lowest BCUT2D eigenvalue weighted by Gasteiger charge is -2.49. The van der Waals surface area contributed by atoms with Gasteiger partial charge in [0.15, 0.2) is 29.4 Å². The predicted molar refractivity (Wildman–Crippen MR) is 133 cm³/mol. The summed E-state index contributed by atoms with van der Waals surface area (Å²) in [5.41, 5.74) is 5.09. The van der Waals surface area contributed by atoms with Crippen molar-refractivity contribution in [1.82, 2.24) is 15.2 Å². The fraction of sp³-hybridized carbons (Fsp3) is 0.286. The lowest BCUT2D eigenvalue weighted by atomic mass is 10.0. The molecular formula is C21H19ClFN6O7S2+. The van der Waals surface area contributed by atoms with Gasteiger partial charge in [0.1, 0.15) is 27.1 Å². The second-order valence-corrected chi connectivity index (χ2v) is 10.8. The Morgan fingerprint density at radius 1 is 1.45 bits per heavy atom. The van der Waals surface area contributed by atoms with Crippen molar-refractivity contribution in [2.45, 2.75) is 31.0 Å². The molecule has 4 rings (SSSR count). The van der Waals surface area contributed by atoms with Crippen molar-refractivity contribution in [1.29, 1.82) is 0 Å². The quantitative estimate of drug-likeness (QED) is 0.139. The molecule has 0 aliphatic carbocycles. The number of nitrogen functional groups attached to an aromatic ring is 1. The van der Waals surface area contributed by atoms with E-state index in [-0.39, 0.29) is 33.2 Å². The number of aromatic nitrogens is 2. The number of carboxylic acid groups (broad SMARTS) is 2. The number of oxime groups is 1. The molecule has 2 amide bonds. The molecule has 1 fully saturated rings. The number of carbonyl (C=O) groups excluding carboxylic acids is 2. The third-order valence-corrected chi connectivity index (χ3v) is 7.85. The molecule has 2 aliphatic heterocycles. The third-order valence-electron chi connectivity index (χ3n) is 5.42. The Labute approximate surface area is 226 Å². The molecule has 1 saturated heterocycles. The van der Waals surface area contributed by atoms with Gasteiger partial charge >= 0.3 is 11.9 Å². The highest BCUT2D eigenvalue weighted by molar-refractivity contribution is 8.00. The maximum absolute atomic E-state index is 13.6. The van der Waals surface area contributed by atoms with E-state index in [1.165, 1.54) is 41.6 Å². The van der Waals surface area contributed by atoms with E-state index < -0.39 is 52.8 Å². The van der Waals surface area contributed by atoms with Crippen LogP contribution >= 0.6 is 34.7 Å². The Bertz CT molecular complexity index is 1400. The summed E-state index contributed by atoms with van der Waals surface area (Å²) in [4.78, 5) is 59.1. The number of β-lactam (4-membered cyclic amide) rings is 1. The van der Waals surface area contributed by atoms with Crippen LogP contribution < -0.4 is 15.6 Å². The summed E-state index contributed by atoms with van der Waals surface area (Å²) in [5, 5.41) is 24.2. The Morgan fingerprint density at radius 3 is 2.79 bits per heavy atom. The summed E-state index contributed by atoms with van der Waals surface area (Å²) < 4.78 is 15.0. The molecule has 2 aromatic rings. The number of nitrogens with zero attached hydrogens (tertiary/aromatic N) is 4. The molecule has 3 atom stereocenters. The van der Waals surface area contributed by atoms with Crippen LogP contribution in [0.15, 0.2) is 41.0 Å². The van der Waals surface area contributed by atoms with Crippen LogP contribution in [-0.4, -0.2) is 72.8 Å². The van der Waals surface area contributed by atoms with Gasteiger partial charge in [0.05, 0.1) is 0 Å². The van der Waals surface area contributed by atoms with Crippen molar-refractivity contribution in [3.63, 3.8) is 0 Å². The van der Waals surface area contributed by atoms with Crippen LogP contribution in [0.1, 0.15) is 12.6 Å². The number of amides is 2. The normalized spacial score (nSPS) is 19.9. The number of carbonyl (C=O) groups is 4. The van der Waals surface area contributed by atoms with Crippen molar-refractivity contribution >= 4 is 69.3 Å². The van der Waals surface area contributed by atoms with Gasteiger partial charge < -0.3 is 26.1 Å². The zero-order chi connectivity index (χ0) is 27.7. The Kier molecular flexibility index (Phi) is 7.84. The van der Waals surface area contributed by atoms with Crippen LogP contribution in [0.5, 0.6) is 0 Å². The molecule has 2 aromatic heterocycles. The second-order valence-electron chi connectivity index (χ2n) is 8.01. The molecule has 0 saturated carbocycles. The highest BCUT2D eigenvalue weighted by Crippen LogP contribution is 2.40. The number of hydrogen-bond donors (Lipinski definition) is 4. The van der Waals surface area contributed by atoms with E-state index in [1.807, 2.05) is 0 Å². The zero-order valence-electron chi connectivity index (χ0n) is 19.3. The third kappa shape index (κ3) is 5.41. The summed E-state index contributed by atoms with van der Waals surface area (Å²) in [6, 6.07) is 1.58. The molecule has 13 nitrogen and oxygen atoms in total. The first-order valence-corrected chi connectivity index (χ1v) is 13.0. The molecular weight excluding hydrogens is 567 g/mol. The van der Waals surface area contributed by atoms with Crippen LogP contribution in [0.4, 0.5) is 9.52 Å². The summed E-state index contributed by atoms with van der Waals surface area (Å²) in [6.45, 7) is 1.23. The number of thioether (sulfide) groups is 1. The minimum atomic E-state index is -1.42. The van der Waals surface area contributed by atoms with E-state index in [4.69, 9.17) is 27.3 Å². The van der Waals surface area contributed by atoms with Gasteiger partial charge in [0, 0.05) is 17.4 Å². The van der Waals surface area contributed by atoms with E-state index >= 15 is 0 Å². The average molecular weight is 586 g/mol.